The fourth-order valence-corrected chi connectivity index (χ4v) is 3.39. The Morgan fingerprint density at radius 2 is 1.95 bits per heavy atom. The summed E-state index contributed by atoms with van der Waals surface area (Å²) in [6.45, 7) is 1.20. The molecule has 1 saturated heterocycles. The quantitative estimate of drug-likeness (QED) is 0.809. The summed E-state index contributed by atoms with van der Waals surface area (Å²) in [5, 5.41) is 12.7. The number of rotatable bonds is 3. The molecule has 0 aromatic carbocycles. The SMILES string of the molecule is CN(C)C(=O)N1CCCC(C(=O)NC2(CO)CCCC2)C1. The van der Waals surface area contributed by atoms with E-state index in [2.05, 4.69) is 5.32 Å². The molecular weight excluding hydrogens is 270 g/mol. The van der Waals surface area contributed by atoms with Crippen molar-refractivity contribution in [3.8, 4) is 0 Å². The molecule has 0 aromatic heterocycles. The van der Waals surface area contributed by atoms with Gasteiger partial charge in [0.05, 0.1) is 18.1 Å². The predicted octanol–water partition coefficient (Wildman–Crippen LogP) is 0.801. The molecule has 2 fully saturated rings. The summed E-state index contributed by atoms with van der Waals surface area (Å²) in [6.07, 6.45) is 5.46. The molecule has 2 rings (SSSR count). The molecule has 1 atom stereocenters. The highest BCUT2D eigenvalue weighted by molar-refractivity contribution is 5.81. The molecule has 1 aliphatic carbocycles. The standard InChI is InChI=1S/C15H27N3O3/c1-17(2)14(21)18-9-5-6-12(10-18)13(20)16-15(11-19)7-3-4-8-15/h12,19H,3-11H2,1-2H3,(H,16,20). The second kappa shape index (κ2) is 6.64. The van der Waals surface area contributed by atoms with Crippen molar-refractivity contribution in [1.82, 2.24) is 15.1 Å². The Balaban J connectivity index is 1.94. The molecule has 1 saturated carbocycles. The van der Waals surface area contributed by atoms with Crippen molar-refractivity contribution in [3.63, 3.8) is 0 Å². The van der Waals surface area contributed by atoms with Crippen molar-refractivity contribution in [2.75, 3.05) is 33.8 Å². The summed E-state index contributed by atoms with van der Waals surface area (Å²) in [4.78, 5) is 27.8. The summed E-state index contributed by atoms with van der Waals surface area (Å²) < 4.78 is 0. The Hall–Kier alpha value is -1.30. The van der Waals surface area contributed by atoms with Crippen LogP contribution >= 0.6 is 0 Å². The lowest BCUT2D eigenvalue weighted by Crippen LogP contribution is -2.54. The average molecular weight is 297 g/mol. The zero-order chi connectivity index (χ0) is 15.5. The normalized spacial score (nSPS) is 24.7. The molecule has 0 spiro atoms. The second-order valence-corrected chi connectivity index (χ2v) is 6.60. The second-order valence-electron chi connectivity index (χ2n) is 6.60. The number of amides is 3. The van der Waals surface area contributed by atoms with Crippen LogP contribution < -0.4 is 5.32 Å². The molecule has 1 heterocycles. The van der Waals surface area contributed by atoms with Crippen molar-refractivity contribution in [3.05, 3.63) is 0 Å². The van der Waals surface area contributed by atoms with Crippen LogP contribution in [0.25, 0.3) is 0 Å². The molecule has 0 radical (unpaired) electrons. The smallest absolute Gasteiger partial charge is 0.319 e. The monoisotopic (exact) mass is 297 g/mol. The van der Waals surface area contributed by atoms with E-state index in [1.54, 1.807) is 23.9 Å². The lowest BCUT2D eigenvalue weighted by Gasteiger charge is -2.36. The van der Waals surface area contributed by atoms with Gasteiger partial charge in [0.2, 0.25) is 5.91 Å². The molecule has 1 aliphatic heterocycles. The predicted molar refractivity (Wildman–Crippen MR) is 79.8 cm³/mol. The van der Waals surface area contributed by atoms with Gasteiger partial charge in [0.15, 0.2) is 0 Å². The maximum atomic E-state index is 12.5. The minimum absolute atomic E-state index is 0.00576. The van der Waals surface area contributed by atoms with E-state index in [9.17, 15) is 14.7 Å². The number of hydrogen-bond acceptors (Lipinski definition) is 3. The summed E-state index contributed by atoms with van der Waals surface area (Å²) in [5.41, 5.74) is -0.426. The first-order chi connectivity index (χ1) is 9.97. The number of carbonyl (C=O) groups is 2. The molecule has 21 heavy (non-hydrogen) atoms. The summed E-state index contributed by atoms with van der Waals surface area (Å²) in [6, 6.07) is -0.0368. The third-order valence-electron chi connectivity index (χ3n) is 4.70. The molecule has 2 N–H and O–H groups in total. The largest absolute Gasteiger partial charge is 0.394 e. The average Bonchev–Trinajstić information content (AvgIpc) is 2.95. The molecule has 0 aromatic rings. The van der Waals surface area contributed by atoms with E-state index in [0.717, 1.165) is 38.5 Å². The summed E-state index contributed by atoms with van der Waals surface area (Å²) in [5.74, 6) is -0.172. The summed E-state index contributed by atoms with van der Waals surface area (Å²) in [7, 11) is 3.45. The maximum absolute atomic E-state index is 12.5. The van der Waals surface area contributed by atoms with Crippen LogP contribution in [0.15, 0.2) is 0 Å². The highest BCUT2D eigenvalue weighted by Gasteiger charge is 2.37. The van der Waals surface area contributed by atoms with Crippen molar-refractivity contribution >= 4 is 11.9 Å². The first kappa shape index (κ1) is 16.1. The lowest BCUT2D eigenvalue weighted by molar-refractivity contribution is -0.128. The third kappa shape index (κ3) is 3.67. The van der Waals surface area contributed by atoms with E-state index in [1.165, 1.54) is 0 Å². The molecule has 0 bridgehead atoms. The Morgan fingerprint density at radius 3 is 2.52 bits per heavy atom. The van der Waals surface area contributed by atoms with Crippen molar-refractivity contribution in [2.45, 2.75) is 44.1 Å². The van der Waals surface area contributed by atoms with E-state index in [-0.39, 0.29) is 24.5 Å². The highest BCUT2D eigenvalue weighted by atomic mass is 16.3. The number of nitrogens with one attached hydrogen (secondary N) is 1. The number of likely N-dealkylation sites (tertiary alicyclic amines) is 1. The Kier molecular flexibility index (Phi) is 5.08. The fourth-order valence-electron chi connectivity index (χ4n) is 3.39. The van der Waals surface area contributed by atoms with Gasteiger partial charge in [-0.1, -0.05) is 12.8 Å². The number of urea groups is 1. The van der Waals surface area contributed by atoms with Gasteiger partial charge in [-0.15, -0.1) is 0 Å². The number of aliphatic hydroxyl groups is 1. The number of nitrogens with zero attached hydrogens (tertiary/aromatic N) is 2. The van der Waals surface area contributed by atoms with Gasteiger partial charge in [0.25, 0.3) is 0 Å². The van der Waals surface area contributed by atoms with Crippen LogP contribution in [-0.4, -0.2) is 66.2 Å². The Labute approximate surface area is 126 Å². The van der Waals surface area contributed by atoms with Crippen LogP contribution in [0, 0.1) is 5.92 Å². The number of hydrogen-bond donors (Lipinski definition) is 2. The molecule has 6 nitrogen and oxygen atoms in total. The van der Waals surface area contributed by atoms with Gasteiger partial charge >= 0.3 is 6.03 Å². The van der Waals surface area contributed by atoms with Gasteiger partial charge in [-0.25, -0.2) is 4.79 Å². The minimum Gasteiger partial charge on any atom is -0.394 e. The molecular formula is C15H27N3O3. The van der Waals surface area contributed by atoms with Crippen LogP contribution in [0.1, 0.15) is 38.5 Å². The zero-order valence-electron chi connectivity index (χ0n) is 13.1. The first-order valence-corrected chi connectivity index (χ1v) is 7.86. The lowest BCUT2D eigenvalue weighted by atomic mass is 9.93. The van der Waals surface area contributed by atoms with Gasteiger partial charge in [-0.3, -0.25) is 4.79 Å². The molecule has 120 valence electrons. The van der Waals surface area contributed by atoms with Gasteiger partial charge in [-0.05, 0) is 25.7 Å². The van der Waals surface area contributed by atoms with Crippen LogP contribution in [0.2, 0.25) is 0 Å². The molecule has 6 heteroatoms. The minimum atomic E-state index is -0.426. The number of piperidine rings is 1. The van der Waals surface area contributed by atoms with Crippen molar-refractivity contribution in [1.29, 1.82) is 0 Å². The van der Waals surface area contributed by atoms with Gasteiger partial charge < -0.3 is 20.2 Å². The van der Waals surface area contributed by atoms with E-state index in [4.69, 9.17) is 0 Å². The van der Waals surface area contributed by atoms with Gasteiger partial charge in [0, 0.05) is 27.2 Å². The topological polar surface area (TPSA) is 72.9 Å². The van der Waals surface area contributed by atoms with Gasteiger partial charge in [-0.2, -0.15) is 0 Å². The maximum Gasteiger partial charge on any atom is 0.319 e. The van der Waals surface area contributed by atoms with Crippen molar-refractivity contribution < 1.29 is 14.7 Å². The van der Waals surface area contributed by atoms with Crippen LogP contribution in [0.3, 0.4) is 0 Å². The molecule has 1 unspecified atom stereocenters. The van der Waals surface area contributed by atoms with Crippen LogP contribution in [0.5, 0.6) is 0 Å². The van der Waals surface area contributed by atoms with E-state index >= 15 is 0 Å². The third-order valence-corrected chi connectivity index (χ3v) is 4.70. The van der Waals surface area contributed by atoms with E-state index in [0.29, 0.717) is 13.1 Å². The van der Waals surface area contributed by atoms with Crippen LogP contribution in [-0.2, 0) is 4.79 Å². The highest BCUT2D eigenvalue weighted by Crippen LogP contribution is 2.30. The summed E-state index contributed by atoms with van der Waals surface area (Å²) >= 11 is 0. The zero-order valence-corrected chi connectivity index (χ0v) is 13.1. The Morgan fingerprint density at radius 1 is 1.29 bits per heavy atom. The number of carbonyl (C=O) groups excluding carboxylic acids is 2. The van der Waals surface area contributed by atoms with E-state index in [1.807, 2.05) is 0 Å². The van der Waals surface area contributed by atoms with Gasteiger partial charge in [0.1, 0.15) is 0 Å². The van der Waals surface area contributed by atoms with Crippen molar-refractivity contribution in [2.24, 2.45) is 5.92 Å². The molecule has 2 aliphatic rings. The first-order valence-electron chi connectivity index (χ1n) is 7.86. The Bertz CT molecular complexity index is 392. The fraction of sp³-hybridized carbons (Fsp3) is 0.867. The van der Waals surface area contributed by atoms with E-state index < -0.39 is 5.54 Å². The number of aliphatic hydroxyl groups excluding tert-OH is 1. The molecule has 3 amide bonds. The van der Waals surface area contributed by atoms with Crippen LogP contribution in [0.4, 0.5) is 4.79 Å².